The molecule has 3 nitrogen and oxygen atoms in total. The van der Waals surface area contributed by atoms with Crippen molar-refractivity contribution >= 4 is 58.1 Å². The zero-order valence-electron chi connectivity index (χ0n) is 9.28. The van der Waals surface area contributed by atoms with Crippen molar-refractivity contribution in [1.29, 1.82) is 0 Å². The first kappa shape index (κ1) is 15.4. The van der Waals surface area contributed by atoms with Crippen LogP contribution in [-0.4, -0.2) is 21.0 Å². The van der Waals surface area contributed by atoms with Gasteiger partial charge in [-0.25, -0.2) is 4.99 Å². The van der Waals surface area contributed by atoms with Gasteiger partial charge in [0.25, 0.3) is 5.91 Å². The number of alkyl halides is 3. The van der Waals surface area contributed by atoms with Crippen molar-refractivity contribution < 1.29 is 4.79 Å². The molecular formula is C11H9Cl3N2OS. The number of carbonyl (C=O) groups is 1. The van der Waals surface area contributed by atoms with Gasteiger partial charge < -0.3 is 5.32 Å². The first-order chi connectivity index (χ1) is 8.36. The summed E-state index contributed by atoms with van der Waals surface area (Å²) in [5.41, 5.74) is 1.29. The largest absolute Gasteiger partial charge is 0.326 e. The van der Waals surface area contributed by atoms with E-state index in [2.05, 4.69) is 27.7 Å². The van der Waals surface area contributed by atoms with Crippen LogP contribution in [0.2, 0.25) is 0 Å². The Balaban J connectivity index is 2.93. The normalized spacial score (nSPS) is 12.4. The van der Waals surface area contributed by atoms with Crippen molar-refractivity contribution in [3.8, 4) is 0 Å². The SMILES string of the molecule is Cc1ccccc1C(=O)N[C@H](N=C=S)C(Cl)(Cl)Cl. The number of carbonyl (C=O) groups excluding carboxylic acids is 1. The van der Waals surface area contributed by atoms with Crippen molar-refractivity contribution in [2.45, 2.75) is 16.9 Å². The van der Waals surface area contributed by atoms with E-state index in [1.165, 1.54) is 0 Å². The van der Waals surface area contributed by atoms with Crippen LogP contribution in [0, 0.1) is 6.92 Å². The highest BCUT2D eigenvalue weighted by molar-refractivity contribution is 7.78. The molecule has 0 radical (unpaired) electrons. The van der Waals surface area contributed by atoms with Crippen molar-refractivity contribution in [1.82, 2.24) is 5.32 Å². The third-order valence-electron chi connectivity index (χ3n) is 2.15. The van der Waals surface area contributed by atoms with Gasteiger partial charge in [0.15, 0.2) is 6.17 Å². The fourth-order valence-corrected chi connectivity index (χ4v) is 1.69. The quantitative estimate of drug-likeness (QED) is 0.525. The van der Waals surface area contributed by atoms with Gasteiger partial charge in [0.05, 0.1) is 5.16 Å². The molecule has 1 rings (SSSR count). The van der Waals surface area contributed by atoms with Gasteiger partial charge in [-0.2, -0.15) is 0 Å². The molecule has 0 aliphatic rings. The number of rotatable bonds is 3. The second-order valence-corrected chi connectivity index (χ2v) is 6.00. The molecule has 1 N–H and O–H groups in total. The van der Waals surface area contributed by atoms with Gasteiger partial charge in [0.2, 0.25) is 3.79 Å². The third-order valence-corrected chi connectivity index (χ3v) is 2.87. The van der Waals surface area contributed by atoms with Crippen LogP contribution in [0.4, 0.5) is 0 Å². The van der Waals surface area contributed by atoms with E-state index < -0.39 is 15.9 Å². The number of nitrogens with one attached hydrogen (secondary N) is 1. The molecule has 1 amide bonds. The Kier molecular flexibility index (Phi) is 5.57. The fraction of sp³-hybridized carbons (Fsp3) is 0.273. The molecule has 0 unspecified atom stereocenters. The lowest BCUT2D eigenvalue weighted by molar-refractivity contribution is 0.0938. The molecule has 0 spiro atoms. The van der Waals surface area contributed by atoms with Crippen molar-refractivity contribution in [3.05, 3.63) is 35.4 Å². The van der Waals surface area contributed by atoms with Crippen molar-refractivity contribution in [3.63, 3.8) is 0 Å². The first-order valence-electron chi connectivity index (χ1n) is 4.86. The maximum absolute atomic E-state index is 12.0. The number of benzene rings is 1. The van der Waals surface area contributed by atoms with E-state index in [0.29, 0.717) is 5.56 Å². The molecule has 1 aromatic rings. The fourth-order valence-electron chi connectivity index (χ4n) is 1.27. The smallest absolute Gasteiger partial charge is 0.253 e. The standard InChI is InChI=1S/C11H9Cl3N2OS/c1-7-4-2-3-5-8(7)9(17)16-10(15-6-18)11(12,13)14/h2-5,10H,1H3,(H,16,17)/t10-/m0/s1. The van der Waals surface area contributed by atoms with Crippen LogP contribution in [0.5, 0.6) is 0 Å². The van der Waals surface area contributed by atoms with E-state index in [-0.39, 0.29) is 0 Å². The second kappa shape index (κ2) is 6.50. The average Bonchev–Trinajstić information content (AvgIpc) is 2.27. The number of aryl methyl sites for hydroxylation is 1. The lowest BCUT2D eigenvalue weighted by Gasteiger charge is -2.20. The van der Waals surface area contributed by atoms with Crippen LogP contribution in [0.1, 0.15) is 15.9 Å². The lowest BCUT2D eigenvalue weighted by Crippen LogP contribution is -2.42. The van der Waals surface area contributed by atoms with Crippen LogP contribution < -0.4 is 5.32 Å². The highest BCUT2D eigenvalue weighted by Crippen LogP contribution is 2.31. The number of amides is 1. The summed E-state index contributed by atoms with van der Waals surface area (Å²) in [5.74, 6) is -0.390. The molecule has 0 aromatic heterocycles. The van der Waals surface area contributed by atoms with Gasteiger partial charge >= 0.3 is 0 Å². The molecular weight excluding hydrogens is 315 g/mol. The summed E-state index contributed by atoms with van der Waals surface area (Å²) in [5, 5.41) is 4.57. The molecule has 0 fully saturated rings. The third kappa shape index (κ3) is 4.23. The molecule has 1 atom stereocenters. The maximum Gasteiger partial charge on any atom is 0.253 e. The number of nitrogens with zero attached hydrogens (tertiary/aromatic N) is 1. The van der Waals surface area contributed by atoms with E-state index in [1.54, 1.807) is 12.1 Å². The minimum atomic E-state index is -1.79. The van der Waals surface area contributed by atoms with Crippen LogP contribution in [0.3, 0.4) is 0 Å². The van der Waals surface area contributed by atoms with E-state index in [4.69, 9.17) is 34.8 Å². The Morgan fingerprint density at radius 2 is 2.06 bits per heavy atom. The lowest BCUT2D eigenvalue weighted by atomic mass is 10.1. The molecule has 0 saturated carbocycles. The summed E-state index contributed by atoms with van der Waals surface area (Å²) in [6.07, 6.45) is -1.08. The monoisotopic (exact) mass is 322 g/mol. The topological polar surface area (TPSA) is 41.5 Å². The zero-order chi connectivity index (χ0) is 13.8. The van der Waals surface area contributed by atoms with E-state index in [9.17, 15) is 4.79 Å². The Morgan fingerprint density at radius 1 is 1.44 bits per heavy atom. The van der Waals surface area contributed by atoms with E-state index in [1.807, 2.05) is 19.1 Å². The number of aliphatic imine (C=N–C) groups is 1. The summed E-state index contributed by atoms with van der Waals surface area (Å²) >= 11 is 21.5. The van der Waals surface area contributed by atoms with Gasteiger partial charge in [0, 0.05) is 5.56 Å². The molecule has 0 aliphatic carbocycles. The van der Waals surface area contributed by atoms with Gasteiger partial charge in [0.1, 0.15) is 0 Å². The van der Waals surface area contributed by atoms with Crippen LogP contribution in [-0.2, 0) is 0 Å². The molecule has 7 heteroatoms. The minimum absolute atomic E-state index is 0.390. The maximum atomic E-state index is 12.0. The molecule has 0 saturated heterocycles. The number of hydrogen-bond acceptors (Lipinski definition) is 3. The average molecular weight is 324 g/mol. The van der Waals surface area contributed by atoms with Gasteiger partial charge in [-0.1, -0.05) is 53.0 Å². The summed E-state index contributed by atoms with van der Waals surface area (Å²) < 4.78 is -1.79. The van der Waals surface area contributed by atoms with Crippen molar-refractivity contribution in [2.75, 3.05) is 0 Å². The van der Waals surface area contributed by atoms with Gasteiger partial charge in [-0.15, -0.1) is 0 Å². The number of halogens is 3. The predicted octanol–water partition coefficient (Wildman–Crippen LogP) is 3.52. The number of isothiocyanates is 1. The minimum Gasteiger partial charge on any atom is -0.326 e. The second-order valence-electron chi connectivity index (χ2n) is 3.45. The van der Waals surface area contributed by atoms with E-state index >= 15 is 0 Å². The van der Waals surface area contributed by atoms with E-state index in [0.717, 1.165) is 5.56 Å². The Bertz CT molecular complexity index is 495. The molecule has 1 aromatic carbocycles. The van der Waals surface area contributed by atoms with Crippen LogP contribution in [0.15, 0.2) is 29.3 Å². The highest BCUT2D eigenvalue weighted by Gasteiger charge is 2.34. The number of thiocarbonyl (C=S) groups is 1. The Labute approximate surface area is 125 Å². The molecule has 96 valence electrons. The summed E-state index contributed by atoms with van der Waals surface area (Å²) in [6, 6.07) is 7.05. The van der Waals surface area contributed by atoms with Crippen LogP contribution >= 0.6 is 47.0 Å². The Morgan fingerprint density at radius 3 is 2.56 bits per heavy atom. The molecule has 18 heavy (non-hydrogen) atoms. The van der Waals surface area contributed by atoms with Gasteiger partial charge in [-0.3, -0.25) is 4.79 Å². The Hall–Kier alpha value is -0.640. The first-order valence-corrected chi connectivity index (χ1v) is 6.40. The molecule has 0 heterocycles. The summed E-state index contributed by atoms with van der Waals surface area (Å²) in [7, 11) is 0. The number of hydrogen-bond donors (Lipinski definition) is 1. The molecule has 0 aliphatic heterocycles. The predicted molar refractivity (Wildman–Crippen MR) is 77.7 cm³/mol. The van der Waals surface area contributed by atoms with Crippen LogP contribution in [0.25, 0.3) is 0 Å². The van der Waals surface area contributed by atoms with Crippen molar-refractivity contribution in [2.24, 2.45) is 4.99 Å². The van der Waals surface area contributed by atoms with Gasteiger partial charge in [-0.05, 0) is 30.8 Å². The summed E-state index contributed by atoms with van der Waals surface area (Å²) in [4.78, 5) is 15.6. The highest BCUT2D eigenvalue weighted by atomic mass is 35.6. The molecule has 0 bridgehead atoms. The zero-order valence-corrected chi connectivity index (χ0v) is 12.4. The summed E-state index contributed by atoms with van der Waals surface area (Å²) in [6.45, 7) is 1.81.